The molecule has 0 aromatic heterocycles. The van der Waals surface area contributed by atoms with Crippen LogP contribution in [0.25, 0.3) is 0 Å². The summed E-state index contributed by atoms with van der Waals surface area (Å²) in [5.41, 5.74) is 1.14. The van der Waals surface area contributed by atoms with Gasteiger partial charge in [0, 0.05) is 6.42 Å². The lowest BCUT2D eigenvalue weighted by Gasteiger charge is -2.25. The highest BCUT2D eigenvalue weighted by Gasteiger charge is 2.23. The standard InChI is InChI=1S/C15H14O3S/c16-11-3-1-2-10(4-5-11)15-9-18-13-7-6-12(17)8-14(13)19-15/h1-4,6-8,15-17H,5,9H2/t15-/m0/s1. The molecule has 4 heteroatoms. The van der Waals surface area contributed by atoms with Gasteiger partial charge in [0.2, 0.25) is 0 Å². The van der Waals surface area contributed by atoms with Gasteiger partial charge in [0.25, 0.3) is 0 Å². The molecule has 0 saturated heterocycles. The second kappa shape index (κ2) is 5.05. The molecular formula is C15H14O3S. The van der Waals surface area contributed by atoms with E-state index < -0.39 is 0 Å². The average molecular weight is 274 g/mol. The maximum Gasteiger partial charge on any atom is 0.133 e. The molecule has 0 unspecified atom stereocenters. The number of thioether (sulfide) groups is 1. The molecule has 1 heterocycles. The van der Waals surface area contributed by atoms with Crippen molar-refractivity contribution in [2.75, 3.05) is 6.61 Å². The van der Waals surface area contributed by atoms with Crippen LogP contribution in [0, 0.1) is 0 Å². The number of allylic oxidation sites excluding steroid dienone is 4. The number of aliphatic hydroxyl groups is 1. The molecule has 2 N–H and O–H groups in total. The van der Waals surface area contributed by atoms with Gasteiger partial charge < -0.3 is 14.9 Å². The summed E-state index contributed by atoms with van der Waals surface area (Å²) in [6.45, 7) is 0.597. The van der Waals surface area contributed by atoms with Crippen LogP contribution in [0.2, 0.25) is 0 Å². The van der Waals surface area contributed by atoms with Crippen LogP contribution in [-0.2, 0) is 0 Å². The van der Waals surface area contributed by atoms with Crippen LogP contribution < -0.4 is 4.74 Å². The highest BCUT2D eigenvalue weighted by molar-refractivity contribution is 8.00. The Hall–Kier alpha value is -1.81. The van der Waals surface area contributed by atoms with E-state index in [1.54, 1.807) is 36.0 Å². The van der Waals surface area contributed by atoms with Crippen molar-refractivity contribution in [3.63, 3.8) is 0 Å². The summed E-state index contributed by atoms with van der Waals surface area (Å²) < 4.78 is 5.73. The average Bonchev–Trinajstić information content (AvgIpc) is 2.63. The van der Waals surface area contributed by atoms with E-state index in [2.05, 4.69) is 0 Å². The fourth-order valence-electron chi connectivity index (χ4n) is 2.09. The zero-order valence-corrected chi connectivity index (χ0v) is 11.1. The van der Waals surface area contributed by atoms with Crippen LogP contribution in [0.1, 0.15) is 6.42 Å². The van der Waals surface area contributed by atoms with E-state index >= 15 is 0 Å². The zero-order chi connectivity index (χ0) is 13.2. The highest BCUT2D eigenvalue weighted by atomic mass is 32.2. The van der Waals surface area contributed by atoms with Crippen LogP contribution in [0.5, 0.6) is 11.5 Å². The molecule has 1 aliphatic heterocycles. The topological polar surface area (TPSA) is 49.7 Å². The maximum atomic E-state index is 9.53. The molecule has 3 rings (SSSR count). The summed E-state index contributed by atoms with van der Waals surface area (Å²) in [4.78, 5) is 0.951. The van der Waals surface area contributed by atoms with E-state index in [4.69, 9.17) is 4.74 Å². The molecule has 0 saturated carbocycles. The number of benzene rings is 1. The first-order valence-corrected chi connectivity index (χ1v) is 6.99. The van der Waals surface area contributed by atoms with Crippen LogP contribution >= 0.6 is 11.8 Å². The number of rotatable bonds is 1. The van der Waals surface area contributed by atoms with E-state index in [1.165, 1.54) is 0 Å². The SMILES string of the molecule is OC1=CC=CC([C@@H]2COc3ccc(O)cc3S2)=CC1. The molecular weight excluding hydrogens is 260 g/mol. The normalized spacial score (nSPS) is 21.8. The molecule has 1 aliphatic carbocycles. The molecule has 2 aliphatic rings. The van der Waals surface area contributed by atoms with Gasteiger partial charge >= 0.3 is 0 Å². The number of phenols is 1. The van der Waals surface area contributed by atoms with Crippen LogP contribution in [0.4, 0.5) is 0 Å². The van der Waals surface area contributed by atoms with Crippen LogP contribution in [0.15, 0.2) is 58.7 Å². The first-order chi connectivity index (χ1) is 9.22. The molecule has 19 heavy (non-hydrogen) atoms. The van der Waals surface area contributed by atoms with Crippen molar-refractivity contribution in [3.8, 4) is 11.5 Å². The van der Waals surface area contributed by atoms with Gasteiger partial charge in [-0.3, -0.25) is 0 Å². The smallest absolute Gasteiger partial charge is 0.133 e. The number of aromatic hydroxyl groups is 1. The Morgan fingerprint density at radius 2 is 2.16 bits per heavy atom. The number of aliphatic hydroxyl groups excluding tert-OH is 1. The van der Waals surface area contributed by atoms with E-state index in [0.29, 0.717) is 18.8 Å². The third-order valence-corrected chi connectivity index (χ3v) is 4.35. The van der Waals surface area contributed by atoms with Gasteiger partial charge in [0.1, 0.15) is 18.1 Å². The van der Waals surface area contributed by atoms with Crippen molar-refractivity contribution in [1.29, 1.82) is 0 Å². The minimum Gasteiger partial charge on any atom is -0.512 e. The van der Waals surface area contributed by atoms with E-state index in [1.807, 2.05) is 18.2 Å². The van der Waals surface area contributed by atoms with E-state index in [-0.39, 0.29) is 11.0 Å². The molecule has 0 spiro atoms. The van der Waals surface area contributed by atoms with Gasteiger partial charge in [-0.1, -0.05) is 18.2 Å². The lowest BCUT2D eigenvalue weighted by Crippen LogP contribution is -2.20. The number of hydrogen-bond acceptors (Lipinski definition) is 4. The molecule has 1 atom stereocenters. The summed E-state index contributed by atoms with van der Waals surface area (Å²) in [6, 6.07) is 5.15. The first kappa shape index (κ1) is 12.2. The van der Waals surface area contributed by atoms with Crippen molar-refractivity contribution >= 4 is 11.8 Å². The van der Waals surface area contributed by atoms with E-state index in [0.717, 1.165) is 16.2 Å². The molecule has 0 amide bonds. The molecule has 98 valence electrons. The maximum absolute atomic E-state index is 9.53. The molecule has 1 aromatic rings. The number of hydrogen-bond donors (Lipinski definition) is 2. The molecule has 3 nitrogen and oxygen atoms in total. The summed E-state index contributed by atoms with van der Waals surface area (Å²) in [5, 5.41) is 19.2. The second-order valence-electron chi connectivity index (χ2n) is 4.47. The molecule has 0 radical (unpaired) electrons. The molecule has 0 bridgehead atoms. The first-order valence-electron chi connectivity index (χ1n) is 6.11. The lowest BCUT2D eigenvalue weighted by atomic mass is 10.1. The monoisotopic (exact) mass is 274 g/mol. The van der Waals surface area contributed by atoms with Crippen molar-refractivity contribution in [2.45, 2.75) is 16.6 Å². The van der Waals surface area contributed by atoms with Crippen molar-refractivity contribution in [1.82, 2.24) is 0 Å². The van der Waals surface area contributed by atoms with Gasteiger partial charge in [-0.25, -0.2) is 0 Å². The Bertz CT molecular complexity index is 587. The summed E-state index contributed by atoms with van der Waals surface area (Å²) in [7, 11) is 0. The number of phenolic OH excluding ortho intramolecular Hbond substituents is 1. The Labute approximate surface area is 115 Å². The van der Waals surface area contributed by atoms with Crippen molar-refractivity contribution in [2.24, 2.45) is 0 Å². The quantitative estimate of drug-likeness (QED) is 0.822. The lowest BCUT2D eigenvalue weighted by molar-refractivity contribution is 0.311. The largest absolute Gasteiger partial charge is 0.512 e. The third-order valence-electron chi connectivity index (χ3n) is 3.08. The molecule has 1 aromatic carbocycles. The summed E-state index contributed by atoms with van der Waals surface area (Å²) in [6.07, 6.45) is 8.12. The summed E-state index contributed by atoms with van der Waals surface area (Å²) in [5.74, 6) is 1.43. The van der Waals surface area contributed by atoms with Crippen LogP contribution in [-0.4, -0.2) is 22.1 Å². The van der Waals surface area contributed by atoms with Gasteiger partial charge in [-0.15, -0.1) is 11.8 Å². The van der Waals surface area contributed by atoms with Crippen molar-refractivity contribution < 1.29 is 14.9 Å². The van der Waals surface area contributed by atoms with E-state index in [9.17, 15) is 10.2 Å². The summed E-state index contributed by atoms with van der Waals surface area (Å²) >= 11 is 1.68. The molecule has 0 fully saturated rings. The van der Waals surface area contributed by atoms with Gasteiger partial charge in [-0.05, 0) is 29.8 Å². The predicted octanol–water partition coefficient (Wildman–Crippen LogP) is 3.57. The van der Waals surface area contributed by atoms with Gasteiger partial charge in [-0.2, -0.15) is 0 Å². The Balaban J connectivity index is 1.82. The number of fused-ring (bicyclic) bond motifs is 1. The highest BCUT2D eigenvalue weighted by Crippen LogP contribution is 2.41. The van der Waals surface area contributed by atoms with Crippen molar-refractivity contribution in [3.05, 3.63) is 53.8 Å². The number of ether oxygens (including phenoxy) is 1. The fourth-order valence-corrected chi connectivity index (χ4v) is 3.28. The zero-order valence-electron chi connectivity index (χ0n) is 10.2. The fraction of sp³-hybridized carbons (Fsp3) is 0.200. The van der Waals surface area contributed by atoms with Gasteiger partial charge in [0.15, 0.2) is 0 Å². The Morgan fingerprint density at radius 1 is 1.26 bits per heavy atom. The Kier molecular flexibility index (Phi) is 3.25. The Morgan fingerprint density at radius 3 is 3.05 bits per heavy atom. The second-order valence-corrected chi connectivity index (χ2v) is 5.72. The predicted molar refractivity (Wildman–Crippen MR) is 75.8 cm³/mol. The minimum absolute atomic E-state index is 0.185. The van der Waals surface area contributed by atoms with Crippen LogP contribution in [0.3, 0.4) is 0 Å². The minimum atomic E-state index is 0.185. The third kappa shape index (κ3) is 2.63. The van der Waals surface area contributed by atoms with Gasteiger partial charge in [0.05, 0.1) is 15.9 Å².